The molecular formula is C8HF12IO2. The molecule has 0 amide bonds. The van der Waals surface area contributed by atoms with Gasteiger partial charge in [-0.3, -0.25) is 0 Å². The summed E-state index contributed by atoms with van der Waals surface area (Å²) in [5.41, 5.74) is -10.5. The van der Waals surface area contributed by atoms with Crippen LogP contribution in [0.5, 0.6) is 0 Å². The van der Waals surface area contributed by atoms with Crippen LogP contribution in [0, 0.1) is 0 Å². The average Bonchev–Trinajstić information content (AvgIpc) is 2.48. The summed E-state index contributed by atoms with van der Waals surface area (Å²) in [6, 6.07) is 0. The fourth-order valence-electron chi connectivity index (χ4n) is 1.71. The van der Waals surface area contributed by atoms with E-state index in [2.05, 4.69) is 6.13 Å². The topological polar surface area (TPSA) is 18.5 Å². The zero-order chi connectivity index (χ0) is 18.3. The van der Waals surface area contributed by atoms with Crippen LogP contribution >= 0.6 is 20.6 Å². The van der Waals surface area contributed by atoms with Crippen molar-refractivity contribution < 1.29 is 58.8 Å². The van der Waals surface area contributed by atoms with Gasteiger partial charge in [-0.25, -0.2) is 0 Å². The zero-order valence-electron chi connectivity index (χ0n) is 9.81. The van der Waals surface area contributed by atoms with E-state index in [1.54, 1.807) is 0 Å². The third-order valence-electron chi connectivity index (χ3n) is 2.85. The van der Waals surface area contributed by atoms with Crippen LogP contribution in [0.15, 0.2) is 9.66 Å². The predicted octanol–water partition coefficient (Wildman–Crippen LogP) is 4.99. The summed E-state index contributed by atoms with van der Waals surface area (Å²) >= 11 is -4.83. The molecule has 0 aliphatic carbocycles. The second-order valence-electron chi connectivity index (χ2n) is 4.27. The molecule has 1 saturated heterocycles. The van der Waals surface area contributed by atoms with Crippen molar-refractivity contribution in [1.82, 2.24) is 0 Å². The number of fused-ring (bicyclic) bond motifs is 1. The van der Waals surface area contributed by atoms with E-state index >= 15 is 0 Å². The molecule has 0 unspecified atom stereocenters. The molecule has 23 heavy (non-hydrogen) atoms. The van der Waals surface area contributed by atoms with Gasteiger partial charge in [-0.2, -0.15) is 0 Å². The van der Waals surface area contributed by atoms with Crippen LogP contribution < -0.4 is 0 Å². The molecule has 2 nitrogen and oxygen atoms in total. The monoisotopic (exact) mass is 484 g/mol. The first-order valence-corrected chi connectivity index (χ1v) is 7.84. The summed E-state index contributed by atoms with van der Waals surface area (Å²) in [5, 5.41) is 0. The Balaban J connectivity index is 2.65. The number of alkyl halides is 12. The molecule has 0 spiro atoms. The Kier molecular flexibility index (Phi) is 3.76. The van der Waals surface area contributed by atoms with E-state index in [1.165, 1.54) is 0 Å². The molecule has 2 rings (SSSR count). The average molecular weight is 484 g/mol. The van der Waals surface area contributed by atoms with Crippen LogP contribution in [0.4, 0.5) is 52.7 Å². The van der Waals surface area contributed by atoms with Crippen LogP contribution in [0.25, 0.3) is 0 Å². The van der Waals surface area contributed by atoms with Crippen molar-refractivity contribution in [3.05, 3.63) is 9.66 Å². The minimum atomic E-state index is -6.32. The van der Waals surface area contributed by atoms with Crippen molar-refractivity contribution in [3.8, 4) is 0 Å². The molecule has 0 saturated carbocycles. The van der Waals surface area contributed by atoms with Gasteiger partial charge in [0.2, 0.25) is 0 Å². The van der Waals surface area contributed by atoms with Crippen LogP contribution in [0.3, 0.4) is 0 Å². The molecule has 0 aromatic carbocycles. The van der Waals surface area contributed by atoms with Gasteiger partial charge in [0.15, 0.2) is 0 Å². The van der Waals surface area contributed by atoms with Crippen LogP contribution in [0.1, 0.15) is 0 Å². The van der Waals surface area contributed by atoms with Crippen LogP contribution in [-0.2, 0) is 6.13 Å². The van der Waals surface area contributed by atoms with Gasteiger partial charge in [-0.1, -0.05) is 0 Å². The van der Waals surface area contributed by atoms with E-state index in [9.17, 15) is 52.7 Å². The van der Waals surface area contributed by atoms with Crippen molar-refractivity contribution >= 4 is 20.6 Å². The Morgan fingerprint density at radius 3 is 1.35 bits per heavy atom. The Morgan fingerprint density at radius 2 is 1.04 bits per heavy atom. The van der Waals surface area contributed by atoms with E-state index in [1.807, 2.05) is 0 Å². The first-order valence-electron chi connectivity index (χ1n) is 5.00. The molecule has 15 heteroatoms. The van der Waals surface area contributed by atoms with Gasteiger partial charge < -0.3 is 0 Å². The van der Waals surface area contributed by atoms with Crippen molar-refractivity contribution in [2.45, 2.75) is 35.9 Å². The second kappa shape index (κ2) is 4.59. The molecule has 0 aromatic rings. The predicted molar refractivity (Wildman–Crippen MR) is 54.0 cm³/mol. The van der Waals surface area contributed by atoms with E-state index in [-0.39, 0.29) is 0 Å². The van der Waals surface area contributed by atoms with Gasteiger partial charge >= 0.3 is 125 Å². The van der Waals surface area contributed by atoms with Crippen molar-refractivity contribution in [2.24, 2.45) is 0 Å². The van der Waals surface area contributed by atoms with E-state index < -0.39 is 66.2 Å². The molecule has 0 N–H and O–H groups in total. The Labute approximate surface area is 125 Å². The van der Waals surface area contributed by atoms with Gasteiger partial charge in [-0.15, -0.1) is 0 Å². The molecule has 2 heterocycles. The standard InChI is InChI=1S/C8HF12IO2/c9-5(10,11)3(6(12,13)14)1-2-4(7(15,16)17,8(18,19)20)23-21(2)22-3/h1H. The van der Waals surface area contributed by atoms with Crippen LogP contribution in [-0.4, -0.2) is 35.9 Å². The first kappa shape index (κ1) is 18.9. The first-order chi connectivity index (χ1) is 9.91. The molecule has 0 radical (unpaired) electrons. The summed E-state index contributed by atoms with van der Waals surface area (Å²) in [6.07, 6.45) is -26.4. The molecule has 1 fully saturated rings. The molecule has 0 atom stereocenters. The van der Waals surface area contributed by atoms with Gasteiger partial charge in [0.25, 0.3) is 0 Å². The van der Waals surface area contributed by atoms with Gasteiger partial charge in [0.1, 0.15) is 0 Å². The Morgan fingerprint density at radius 1 is 0.652 bits per heavy atom. The zero-order valence-corrected chi connectivity index (χ0v) is 12.0. The summed E-state index contributed by atoms with van der Waals surface area (Å²) in [5.74, 6) is 0. The fourth-order valence-corrected chi connectivity index (χ4v) is 6.59. The van der Waals surface area contributed by atoms with E-state index in [0.717, 1.165) is 0 Å². The van der Waals surface area contributed by atoms with Gasteiger partial charge in [-0.05, 0) is 0 Å². The van der Waals surface area contributed by atoms with E-state index in [0.29, 0.717) is 0 Å². The van der Waals surface area contributed by atoms with Crippen molar-refractivity contribution in [1.29, 1.82) is 0 Å². The SMILES string of the molecule is FC(F)(F)C1(C(F)(F)F)C=C2I(O1)OC2(C(F)(F)F)C(F)(F)F. The van der Waals surface area contributed by atoms with Crippen molar-refractivity contribution in [3.63, 3.8) is 0 Å². The number of hydrogen-bond donors (Lipinski definition) is 0. The number of hydrogen-bond acceptors (Lipinski definition) is 2. The summed E-state index contributed by atoms with van der Waals surface area (Å²) in [7, 11) is 0. The summed E-state index contributed by atoms with van der Waals surface area (Å²) in [6.45, 7) is 0. The normalized spacial score (nSPS) is 25.7. The Hall–Kier alpha value is -0.450. The van der Waals surface area contributed by atoms with Gasteiger partial charge in [0.05, 0.1) is 0 Å². The third kappa shape index (κ3) is 2.25. The number of rotatable bonds is 0. The minimum absolute atomic E-state index is 1.19. The van der Waals surface area contributed by atoms with Gasteiger partial charge in [0, 0.05) is 0 Å². The molecule has 2 aliphatic heterocycles. The molecule has 0 bridgehead atoms. The van der Waals surface area contributed by atoms with E-state index in [4.69, 9.17) is 0 Å². The Bertz CT molecular complexity index is 483. The van der Waals surface area contributed by atoms with Crippen molar-refractivity contribution in [2.75, 3.05) is 0 Å². The second-order valence-corrected chi connectivity index (χ2v) is 7.56. The summed E-state index contributed by atoms with van der Waals surface area (Å²) < 4.78 is 157. The maximum absolute atomic E-state index is 12.7. The summed E-state index contributed by atoms with van der Waals surface area (Å²) in [4.78, 5) is 0. The molecule has 0 aromatic heterocycles. The quantitative estimate of drug-likeness (QED) is 0.357. The maximum atomic E-state index is 12.7. The molecular weight excluding hydrogens is 483 g/mol. The fraction of sp³-hybridized carbons (Fsp3) is 0.750. The molecule has 136 valence electrons. The third-order valence-corrected chi connectivity index (χ3v) is 7.03. The molecule has 2 aliphatic rings. The van der Waals surface area contributed by atoms with Crippen LogP contribution in [0.2, 0.25) is 0 Å². The number of halogens is 13.